The monoisotopic (exact) mass is 289 g/mol. The lowest BCUT2D eigenvalue weighted by Crippen LogP contribution is -2.82. The van der Waals surface area contributed by atoms with Crippen molar-refractivity contribution in [2.24, 2.45) is 11.3 Å². The number of nitrogens with two attached hydrogens (primary N) is 1. The van der Waals surface area contributed by atoms with Gasteiger partial charge in [-0.3, -0.25) is 0 Å². The standard InChI is InChI=1S/C12H24BN2O5/c14-12(10(16)17)7-11(3-5-15-8-11)6-9(12)2-1-4-13(18,19)20/h9,15,18-20H,1-8,14H2,(H,16,17)/q-1/p+2/t9-,11-,12-/m0/s1. The molecule has 0 aromatic rings. The van der Waals surface area contributed by atoms with Crippen LogP contribution in [0, 0.1) is 11.3 Å². The van der Waals surface area contributed by atoms with Crippen LogP contribution in [0.4, 0.5) is 0 Å². The van der Waals surface area contributed by atoms with E-state index in [1.807, 2.05) is 0 Å². The fraction of sp³-hybridized carbons (Fsp3) is 0.917. The van der Waals surface area contributed by atoms with Gasteiger partial charge in [0.15, 0.2) is 5.54 Å². The van der Waals surface area contributed by atoms with Gasteiger partial charge < -0.3 is 31.2 Å². The second kappa shape index (κ2) is 5.27. The first-order chi connectivity index (χ1) is 9.17. The average Bonchev–Trinajstić information content (AvgIpc) is 2.84. The first-order valence-corrected chi connectivity index (χ1v) is 7.40. The molecule has 2 aliphatic rings. The van der Waals surface area contributed by atoms with Gasteiger partial charge in [-0.25, -0.2) is 4.79 Å². The van der Waals surface area contributed by atoms with Gasteiger partial charge in [0.1, 0.15) is 0 Å². The van der Waals surface area contributed by atoms with Gasteiger partial charge in [-0.15, -0.1) is 0 Å². The normalized spacial score (nSPS) is 37.7. The molecule has 8 heteroatoms. The van der Waals surface area contributed by atoms with Gasteiger partial charge in [-0.2, -0.15) is 0 Å². The molecule has 2 rings (SSSR count). The Kier molecular flexibility index (Phi) is 4.14. The number of carbonyl (C=O) groups is 1. The Labute approximate surface area is 118 Å². The van der Waals surface area contributed by atoms with Crippen LogP contribution in [0.1, 0.15) is 32.1 Å². The van der Waals surface area contributed by atoms with E-state index in [9.17, 15) is 9.90 Å². The second-order valence-electron chi connectivity index (χ2n) is 6.90. The summed E-state index contributed by atoms with van der Waals surface area (Å²) in [7, 11) is 0. The molecule has 0 bridgehead atoms. The number of aliphatic carboxylic acids is 1. The third-order valence-corrected chi connectivity index (χ3v) is 5.18. The molecule has 0 aromatic heterocycles. The lowest BCUT2D eigenvalue weighted by atomic mass is 9.72. The predicted octanol–water partition coefficient (Wildman–Crippen LogP) is -2.89. The molecule has 1 saturated heterocycles. The SMILES string of the molecule is [NH3+][C@@]1(C(=O)O)C[C@]2(CC[NH2+]C2)C[C@@H]1CCC[B-](O)(O)O. The van der Waals surface area contributed by atoms with E-state index in [-0.39, 0.29) is 17.7 Å². The van der Waals surface area contributed by atoms with Crippen molar-refractivity contribution in [3.63, 3.8) is 0 Å². The Morgan fingerprint density at radius 3 is 2.60 bits per heavy atom. The van der Waals surface area contributed by atoms with Crippen molar-refractivity contribution < 1.29 is 36.0 Å². The Balaban J connectivity index is 2.03. The maximum absolute atomic E-state index is 11.6. The van der Waals surface area contributed by atoms with Crippen molar-refractivity contribution in [3.8, 4) is 0 Å². The van der Waals surface area contributed by atoms with E-state index in [1.54, 1.807) is 0 Å². The lowest BCUT2D eigenvalue weighted by molar-refractivity contribution is -0.641. The summed E-state index contributed by atoms with van der Waals surface area (Å²) in [5.74, 6) is -0.926. The summed E-state index contributed by atoms with van der Waals surface area (Å²) in [5, 5.41) is 38.7. The molecule has 1 aliphatic carbocycles. The molecule has 0 radical (unpaired) electrons. The topological polar surface area (TPSA) is 142 Å². The summed E-state index contributed by atoms with van der Waals surface area (Å²) >= 11 is 0. The van der Waals surface area contributed by atoms with Crippen LogP contribution in [0.15, 0.2) is 0 Å². The van der Waals surface area contributed by atoms with Crippen LogP contribution in [0.3, 0.4) is 0 Å². The van der Waals surface area contributed by atoms with Crippen LogP contribution >= 0.6 is 0 Å². The van der Waals surface area contributed by atoms with Crippen molar-refractivity contribution in [2.75, 3.05) is 13.1 Å². The van der Waals surface area contributed by atoms with Gasteiger partial charge in [0.05, 0.1) is 13.1 Å². The van der Waals surface area contributed by atoms with Crippen LogP contribution in [0.5, 0.6) is 0 Å². The summed E-state index contributed by atoms with van der Waals surface area (Å²) < 4.78 is 0. The molecule has 2 fully saturated rings. The van der Waals surface area contributed by atoms with Gasteiger partial charge in [-0.05, 0) is 12.8 Å². The summed E-state index contributed by atoms with van der Waals surface area (Å²) in [5.41, 5.74) is 3.08. The summed E-state index contributed by atoms with van der Waals surface area (Å²) in [4.78, 5) is 11.6. The van der Waals surface area contributed by atoms with Gasteiger partial charge >= 0.3 is 12.7 Å². The molecule has 3 atom stereocenters. The fourth-order valence-corrected chi connectivity index (χ4v) is 4.13. The van der Waals surface area contributed by atoms with Crippen molar-refractivity contribution >= 4 is 12.7 Å². The zero-order valence-electron chi connectivity index (χ0n) is 11.8. The van der Waals surface area contributed by atoms with Crippen LogP contribution in [0.2, 0.25) is 6.32 Å². The third-order valence-electron chi connectivity index (χ3n) is 5.18. The summed E-state index contributed by atoms with van der Waals surface area (Å²) in [6.45, 7) is -1.27. The van der Waals surface area contributed by atoms with Crippen molar-refractivity contribution in [1.82, 2.24) is 0 Å². The number of rotatable bonds is 5. The van der Waals surface area contributed by atoms with Crippen LogP contribution < -0.4 is 11.1 Å². The highest BCUT2D eigenvalue weighted by atomic mass is 16.5. The predicted molar refractivity (Wildman–Crippen MR) is 71.1 cm³/mol. The molecule has 1 saturated carbocycles. The van der Waals surface area contributed by atoms with Gasteiger partial charge in [-0.1, -0.05) is 12.7 Å². The minimum atomic E-state index is -3.27. The molecule has 1 heterocycles. The Bertz CT molecular complexity index is 381. The first kappa shape index (κ1) is 15.7. The molecule has 20 heavy (non-hydrogen) atoms. The van der Waals surface area contributed by atoms with Crippen LogP contribution in [-0.4, -0.2) is 51.5 Å². The molecule has 0 unspecified atom stereocenters. The van der Waals surface area contributed by atoms with Crippen molar-refractivity contribution in [1.29, 1.82) is 0 Å². The van der Waals surface area contributed by atoms with Crippen molar-refractivity contribution in [2.45, 2.75) is 44.0 Å². The minimum absolute atomic E-state index is 0.0651. The van der Waals surface area contributed by atoms with Crippen molar-refractivity contribution in [3.05, 3.63) is 0 Å². The number of hydrogen-bond donors (Lipinski definition) is 6. The molecule has 116 valence electrons. The number of carboxylic acid groups (broad SMARTS) is 1. The number of quaternary nitrogens is 2. The molecule has 1 spiro atoms. The summed E-state index contributed by atoms with van der Waals surface area (Å²) in [6, 6.07) is 0. The van der Waals surface area contributed by atoms with E-state index in [0.29, 0.717) is 19.3 Å². The molecular formula is C12H26BN2O5+. The average molecular weight is 289 g/mol. The Morgan fingerprint density at radius 2 is 2.10 bits per heavy atom. The highest BCUT2D eigenvalue weighted by Gasteiger charge is 2.61. The van der Waals surface area contributed by atoms with Crippen LogP contribution in [-0.2, 0) is 4.79 Å². The fourth-order valence-electron chi connectivity index (χ4n) is 4.13. The molecule has 0 aromatic carbocycles. The third kappa shape index (κ3) is 3.15. The van der Waals surface area contributed by atoms with E-state index in [1.165, 1.54) is 0 Å². The minimum Gasteiger partial charge on any atom is -0.560 e. The molecule has 0 amide bonds. The van der Waals surface area contributed by atoms with Gasteiger partial charge in [0, 0.05) is 24.2 Å². The quantitative estimate of drug-likeness (QED) is 0.301. The van der Waals surface area contributed by atoms with E-state index in [4.69, 9.17) is 15.1 Å². The maximum atomic E-state index is 11.6. The van der Waals surface area contributed by atoms with Gasteiger partial charge in [0.25, 0.3) is 0 Å². The van der Waals surface area contributed by atoms with E-state index >= 15 is 0 Å². The molecule has 1 aliphatic heterocycles. The van der Waals surface area contributed by atoms with E-state index in [0.717, 1.165) is 25.9 Å². The Hall–Kier alpha value is -0.665. The molecule has 7 nitrogen and oxygen atoms in total. The first-order valence-electron chi connectivity index (χ1n) is 7.40. The maximum Gasteiger partial charge on any atom is 0.371 e. The Morgan fingerprint density at radius 1 is 1.40 bits per heavy atom. The van der Waals surface area contributed by atoms with E-state index < -0.39 is 18.3 Å². The highest BCUT2D eigenvalue weighted by molar-refractivity contribution is 6.56. The summed E-state index contributed by atoms with van der Waals surface area (Å²) in [6.07, 6.45) is 3.32. The lowest BCUT2D eigenvalue weighted by Gasteiger charge is -2.25. The second-order valence-corrected chi connectivity index (χ2v) is 6.90. The van der Waals surface area contributed by atoms with Crippen LogP contribution in [0.25, 0.3) is 0 Å². The highest BCUT2D eigenvalue weighted by Crippen LogP contribution is 2.50. The molecule has 9 N–H and O–H groups in total. The smallest absolute Gasteiger partial charge is 0.371 e. The van der Waals surface area contributed by atoms with Gasteiger partial charge in [0.2, 0.25) is 0 Å². The number of hydrogen-bond acceptors (Lipinski definition) is 4. The largest absolute Gasteiger partial charge is 0.560 e. The molecular weight excluding hydrogens is 263 g/mol. The zero-order valence-corrected chi connectivity index (χ0v) is 11.8. The zero-order chi connectivity index (χ0) is 15.0. The van der Waals surface area contributed by atoms with E-state index in [2.05, 4.69) is 11.1 Å². The number of carboxylic acids is 1.